The summed E-state index contributed by atoms with van der Waals surface area (Å²) in [5, 5.41) is 12.3. The lowest BCUT2D eigenvalue weighted by Crippen LogP contribution is -2.46. The van der Waals surface area contributed by atoms with E-state index in [1.165, 1.54) is 12.0 Å². The van der Waals surface area contributed by atoms with Crippen molar-refractivity contribution >= 4 is 17.8 Å². The minimum Gasteiger partial charge on any atom is -0.467 e. The van der Waals surface area contributed by atoms with Crippen LogP contribution in [0.2, 0.25) is 0 Å². The lowest BCUT2D eigenvalue weighted by atomic mass is 10.2. The first kappa shape index (κ1) is 20.3. The maximum atomic E-state index is 12.4. The zero-order valence-corrected chi connectivity index (χ0v) is 15.9. The molecule has 2 N–H and O–H groups in total. The highest BCUT2D eigenvalue weighted by molar-refractivity contribution is 5.97. The normalized spacial score (nSPS) is 18.2. The van der Waals surface area contributed by atoms with E-state index in [0.717, 1.165) is 0 Å². The zero-order valence-electron chi connectivity index (χ0n) is 15.9. The number of likely N-dealkylation sites (tertiary alicyclic amines) is 1. The van der Waals surface area contributed by atoms with Crippen molar-refractivity contribution in [3.8, 4) is 11.5 Å². The summed E-state index contributed by atoms with van der Waals surface area (Å²) in [7, 11) is 1.22. The van der Waals surface area contributed by atoms with Crippen LogP contribution < -0.4 is 10.1 Å². The van der Waals surface area contributed by atoms with Gasteiger partial charge in [-0.25, -0.2) is 4.79 Å². The lowest BCUT2D eigenvalue weighted by Gasteiger charge is -2.22. The predicted molar refractivity (Wildman–Crippen MR) is 103 cm³/mol. The Morgan fingerprint density at radius 2 is 1.72 bits per heavy atom. The highest BCUT2D eigenvalue weighted by Crippen LogP contribution is 2.21. The molecule has 152 valence electrons. The summed E-state index contributed by atoms with van der Waals surface area (Å²) in [6.07, 6.45) is -0.675. The molecule has 2 atom stereocenters. The molecule has 0 aliphatic carbocycles. The number of nitrogens with zero attached hydrogens (tertiary/aromatic N) is 1. The summed E-state index contributed by atoms with van der Waals surface area (Å²) < 4.78 is 10.3. The zero-order chi connectivity index (χ0) is 20.8. The molecule has 0 unspecified atom stereocenters. The number of β-amino-alcohol motifs (C(OH)–C–C–N with tert-alkyl or cyclic N) is 1. The summed E-state index contributed by atoms with van der Waals surface area (Å²) in [6, 6.07) is 14.9. The van der Waals surface area contributed by atoms with E-state index >= 15 is 0 Å². The molecule has 0 bridgehead atoms. The molecule has 1 fully saturated rings. The summed E-state index contributed by atoms with van der Waals surface area (Å²) in [5.74, 6) is -0.220. The van der Waals surface area contributed by atoms with Gasteiger partial charge >= 0.3 is 5.97 Å². The quantitative estimate of drug-likeness (QED) is 0.712. The Morgan fingerprint density at radius 3 is 2.38 bits per heavy atom. The van der Waals surface area contributed by atoms with Gasteiger partial charge in [0.1, 0.15) is 17.5 Å². The Balaban J connectivity index is 1.55. The molecular weight excluding hydrogens is 376 g/mol. The molecule has 3 rings (SSSR count). The fourth-order valence-corrected chi connectivity index (χ4v) is 3.11. The van der Waals surface area contributed by atoms with Crippen LogP contribution in [0.15, 0.2) is 54.6 Å². The molecule has 1 saturated heterocycles. The first-order valence-electron chi connectivity index (χ1n) is 9.14. The second kappa shape index (κ2) is 9.20. The Morgan fingerprint density at radius 1 is 1.07 bits per heavy atom. The number of amides is 2. The van der Waals surface area contributed by atoms with E-state index in [9.17, 15) is 19.5 Å². The number of benzene rings is 2. The summed E-state index contributed by atoms with van der Waals surface area (Å²) in [5.41, 5.74) is 0.365. The van der Waals surface area contributed by atoms with Crippen LogP contribution in [0.3, 0.4) is 0 Å². The number of nitrogens with one attached hydrogen (secondary N) is 1. The number of ether oxygens (including phenoxy) is 2. The lowest BCUT2D eigenvalue weighted by molar-refractivity contribution is -0.150. The topological polar surface area (TPSA) is 105 Å². The van der Waals surface area contributed by atoms with Gasteiger partial charge in [-0.1, -0.05) is 18.2 Å². The van der Waals surface area contributed by atoms with Crippen molar-refractivity contribution in [2.24, 2.45) is 0 Å². The van der Waals surface area contributed by atoms with E-state index in [2.05, 4.69) is 10.1 Å². The summed E-state index contributed by atoms with van der Waals surface area (Å²) in [4.78, 5) is 37.7. The number of aliphatic hydroxyl groups is 1. The van der Waals surface area contributed by atoms with Crippen LogP contribution in [0.4, 0.5) is 0 Å². The van der Waals surface area contributed by atoms with Gasteiger partial charge < -0.3 is 24.8 Å². The molecule has 8 nitrogen and oxygen atoms in total. The SMILES string of the molecule is COC(=O)[C@@H]1C[C@@H](O)CN1C(=O)CNC(=O)c1ccc(Oc2ccccc2)cc1. The first-order chi connectivity index (χ1) is 14.0. The number of esters is 1. The monoisotopic (exact) mass is 398 g/mol. The number of carbonyl (C=O) groups is 3. The molecule has 2 aromatic rings. The Hall–Kier alpha value is -3.39. The fraction of sp³-hybridized carbons (Fsp3) is 0.286. The van der Waals surface area contributed by atoms with Crippen molar-refractivity contribution in [2.75, 3.05) is 20.2 Å². The smallest absolute Gasteiger partial charge is 0.328 e. The number of hydrogen-bond donors (Lipinski definition) is 2. The van der Waals surface area contributed by atoms with Crippen molar-refractivity contribution in [2.45, 2.75) is 18.6 Å². The van der Waals surface area contributed by atoms with Crippen molar-refractivity contribution in [3.63, 3.8) is 0 Å². The highest BCUT2D eigenvalue weighted by atomic mass is 16.5. The minimum absolute atomic E-state index is 0.0278. The van der Waals surface area contributed by atoms with Gasteiger partial charge in [0.2, 0.25) is 5.91 Å². The number of hydrogen-bond acceptors (Lipinski definition) is 6. The third-order valence-electron chi connectivity index (χ3n) is 4.57. The second-order valence-corrected chi connectivity index (χ2v) is 6.60. The maximum absolute atomic E-state index is 12.4. The average Bonchev–Trinajstić information content (AvgIpc) is 3.14. The third-order valence-corrected chi connectivity index (χ3v) is 4.57. The number of aliphatic hydroxyl groups excluding tert-OH is 1. The molecule has 0 spiro atoms. The number of para-hydroxylation sites is 1. The molecule has 29 heavy (non-hydrogen) atoms. The number of methoxy groups -OCH3 is 1. The maximum Gasteiger partial charge on any atom is 0.328 e. The van der Waals surface area contributed by atoms with Gasteiger partial charge in [-0.05, 0) is 36.4 Å². The summed E-state index contributed by atoms with van der Waals surface area (Å²) >= 11 is 0. The molecule has 8 heteroatoms. The molecule has 1 aliphatic heterocycles. The molecular formula is C21H22N2O6. The van der Waals surface area contributed by atoms with Crippen molar-refractivity contribution in [1.29, 1.82) is 0 Å². The van der Waals surface area contributed by atoms with Crippen LogP contribution in [-0.2, 0) is 14.3 Å². The molecule has 0 radical (unpaired) electrons. The number of rotatable bonds is 6. The number of carbonyl (C=O) groups excluding carboxylic acids is 3. The van der Waals surface area contributed by atoms with Crippen LogP contribution in [0, 0.1) is 0 Å². The first-order valence-corrected chi connectivity index (χ1v) is 9.14. The van der Waals surface area contributed by atoms with Gasteiger partial charge in [-0.2, -0.15) is 0 Å². The van der Waals surface area contributed by atoms with Gasteiger partial charge in [-0.3, -0.25) is 9.59 Å². The van der Waals surface area contributed by atoms with E-state index < -0.39 is 29.9 Å². The van der Waals surface area contributed by atoms with Gasteiger partial charge in [0.25, 0.3) is 5.91 Å². The molecule has 2 amide bonds. The Kier molecular flexibility index (Phi) is 6.46. The van der Waals surface area contributed by atoms with Crippen LogP contribution >= 0.6 is 0 Å². The van der Waals surface area contributed by atoms with Crippen LogP contribution in [0.25, 0.3) is 0 Å². The van der Waals surface area contributed by atoms with E-state index in [-0.39, 0.29) is 19.5 Å². The molecule has 0 aromatic heterocycles. The molecule has 1 heterocycles. The van der Waals surface area contributed by atoms with Gasteiger partial charge in [0, 0.05) is 18.5 Å². The molecule has 2 aromatic carbocycles. The Bertz CT molecular complexity index is 868. The standard InChI is InChI=1S/C21H22N2O6/c1-28-21(27)18-11-15(24)13-23(18)19(25)12-22-20(26)14-7-9-17(10-8-14)29-16-5-3-2-4-6-16/h2-10,15,18,24H,11-13H2,1H3,(H,22,26)/t15-,18+/m1/s1. The van der Waals surface area contributed by atoms with E-state index in [1.807, 2.05) is 30.3 Å². The largest absolute Gasteiger partial charge is 0.467 e. The second-order valence-electron chi connectivity index (χ2n) is 6.60. The van der Waals surface area contributed by atoms with Gasteiger partial charge in [0.15, 0.2) is 0 Å². The van der Waals surface area contributed by atoms with Crippen molar-refractivity contribution in [1.82, 2.24) is 10.2 Å². The predicted octanol–water partition coefficient (Wildman–Crippen LogP) is 1.34. The van der Waals surface area contributed by atoms with Crippen LogP contribution in [-0.4, -0.2) is 60.1 Å². The van der Waals surface area contributed by atoms with E-state index in [4.69, 9.17) is 4.74 Å². The van der Waals surface area contributed by atoms with Crippen LogP contribution in [0.5, 0.6) is 11.5 Å². The van der Waals surface area contributed by atoms with Crippen molar-refractivity contribution < 1.29 is 29.0 Å². The van der Waals surface area contributed by atoms with Gasteiger partial charge in [0.05, 0.1) is 19.8 Å². The minimum atomic E-state index is -0.839. The molecule has 1 aliphatic rings. The third kappa shape index (κ3) is 5.11. The Labute approximate surface area is 168 Å². The summed E-state index contributed by atoms with van der Waals surface area (Å²) in [6.45, 7) is -0.263. The van der Waals surface area contributed by atoms with E-state index in [1.54, 1.807) is 24.3 Å². The van der Waals surface area contributed by atoms with E-state index in [0.29, 0.717) is 17.1 Å². The highest BCUT2D eigenvalue weighted by Gasteiger charge is 2.39. The molecule has 0 saturated carbocycles. The van der Waals surface area contributed by atoms with Crippen molar-refractivity contribution in [3.05, 3.63) is 60.2 Å². The van der Waals surface area contributed by atoms with Gasteiger partial charge in [-0.15, -0.1) is 0 Å². The van der Waals surface area contributed by atoms with Crippen LogP contribution in [0.1, 0.15) is 16.8 Å². The fourth-order valence-electron chi connectivity index (χ4n) is 3.11. The average molecular weight is 398 g/mol.